The molecule has 2 atom stereocenters. The van der Waals surface area contributed by atoms with Gasteiger partial charge in [0.15, 0.2) is 0 Å². The fourth-order valence-electron chi connectivity index (χ4n) is 2.93. The lowest BCUT2D eigenvalue weighted by atomic mass is 9.80. The molecule has 0 aliphatic carbocycles. The van der Waals surface area contributed by atoms with E-state index in [0.29, 0.717) is 36.6 Å². The third-order valence-electron chi connectivity index (χ3n) is 4.46. The zero-order valence-electron chi connectivity index (χ0n) is 12.6. The summed E-state index contributed by atoms with van der Waals surface area (Å²) in [6.45, 7) is 4.66. The van der Waals surface area contributed by atoms with Gasteiger partial charge in [-0.25, -0.2) is 4.39 Å². The number of benzene rings is 1. The number of nitrogens with zero attached hydrogens (tertiary/aromatic N) is 1. The number of aliphatic hydroxyl groups is 1. The molecule has 1 heterocycles. The summed E-state index contributed by atoms with van der Waals surface area (Å²) in [5.74, 6) is -0.132. The lowest BCUT2D eigenvalue weighted by Crippen LogP contribution is -2.51. The molecule has 1 fully saturated rings. The highest BCUT2D eigenvalue weighted by Gasteiger charge is 2.38. The van der Waals surface area contributed by atoms with E-state index in [0.717, 1.165) is 13.1 Å². The van der Waals surface area contributed by atoms with Crippen LogP contribution in [-0.2, 0) is 11.3 Å². The van der Waals surface area contributed by atoms with Crippen molar-refractivity contribution in [1.29, 1.82) is 0 Å². The molecule has 0 radical (unpaired) electrons. The van der Waals surface area contributed by atoms with E-state index in [4.69, 9.17) is 16.3 Å². The van der Waals surface area contributed by atoms with Crippen molar-refractivity contribution in [2.45, 2.75) is 31.9 Å². The smallest absolute Gasteiger partial charge is 0.129 e. The molecule has 21 heavy (non-hydrogen) atoms. The van der Waals surface area contributed by atoms with Gasteiger partial charge >= 0.3 is 0 Å². The van der Waals surface area contributed by atoms with Crippen molar-refractivity contribution in [2.24, 2.45) is 5.92 Å². The highest BCUT2D eigenvalue weighted by atomic mass is 35.5. The van der Waals surface area contributed by atoms with Gasteiger partial charge in [-0.1, -0.05) is 24.6 Å². The Morgan fingerprint density at radius 2 is 2.29 bits per heavy atom. The highest BCUT2D eigenvalue weighted by Crippen LogP contribution is 2.31. The van der Waals surface area contributed by atoms with Gasteiger partial charge in [0.25, 0.3) is 0 Å². The van der Waals surface area contributed by atoms with Gasteiger partial charge in [-0.15, -0.1) is 0 Å². The van der Waals surface area contributed by atoms with Gasteiger partial charge in [-0.3, -0.25) is 4.90 Å². The summed E-state index contributed by atoms with van der Waals surface area (Å²) in [5, 5.41) is 11.1. The van der Waals surface area contributed by atoms with Crippen LogP contribution in [0.25, 0.3) is 0 Å². The van der Waals surface area contributed by atoms with E-state index in [9.17, 15) is 9.50 Å². The molecule has 2 rings (SSSR count). The molecule has 1 aromatic rings. The number of halogens is 2. The third kappa shape index (κ3) is 4.16. The zero-order chi connectivity index (χ0) is 15.5. The SMILES string of the molecule is COCC[C@]1(O)CCN(Cc2ccc(Cl)cc2F)C[C@H]1C. The second kappa shape index (κ2) is 7.05. The van der Waals surface area contributed by atoms with E-state index in [1.165, 1.54) is 6.07 Å². The van der Waals surface area contributed by atoms with Gasteiger partial charge in [0.1, 0.15) is 5.82 Å². The van der Waals surface area contributed by atoms with Crippen LogP contribution in [0.1, 0.15) is 25.3 Å². The second-order valence-corrected chi connectivity index (χ2v) is 6.40. The minimum Gasteiger partial charge on any atom is -0.389 e. The maximum atomic E-state index is 13.8. The Hall–Kier alpha value is -0.680. The molecule has 1 aliphatic rings. The average Bonchev–Trinajstić information content (AvgIpc) is 2.44. The van der Waals surface area contributed by atoms with E-state index in [1.807, 2.05) is 6.92 Å². The van der Waals surface area contributed by atoms with Crippen molar-refractivity contribution in [2.75, 3.05) is 26.8 Å². The van der Waals surface area contributed by atoms with Crippen LogP contribution in [-0.4, -0.2) is 42.4 Å². The minimum atomic E-state index is -0.676. The lowest BCUT2D eigenvalue weighted by Gasteiger charge is -2.43. The molecule has 1 aliphatic heterocycles. The Morgan fingerprint density at radius 3 is 2.90 bits per heavy atom. The molecule has 0 bridgehead atoms. The average molecular weight is 316 g/mol. The molecule has 0 aromatic heterocycles. The predicted octanol–water partition coefficient (Wildman–Crippen LogP) is 3.09. The molecule has 0 spiro atoms. The lowest BCUT2D eigenvalue weighted by molar-refractivity contribution is -0.0828. The van der Waals surface area contributed by atoms with Crippen LogP contribution in [0.4, 0.5) is 4.39 Å². The van der Waals surface area contributed by atoms with Crippen molar-refractivity contribution in [3.05, 3.63) is 34.6 Å². The molecule has 5 heteroatoms. The summed E-state index contributed by atoms with van der Waals surface area (Å²) in [7, 11) is 1.65. The summed E-state index contributed by atoms with van der Waals surface area (Å²) in [6.07, 6.45) is 1.33. The first kappa shape index (κ1) is 16.7. The number of hydrogen-bond acceptors (Lipinski definition) is 3. The normalized spacial score (nSPS) is 27.0. The summed E-state index contributed by atoms with van der Waals surface area (Å²) < 4.78 is 18.9. The standard InChI is InChI=1S/C16H23ClFNO2/c1-12-10-19(7-5-16(12,20)6-8-21-2)11-13-3-4-14(17)9-15(13)18/h3-4,9,12,20H,5-8,10-11H2,1-2H3/t12-,16-/m1/s1. The van der Waals surface area contributed by atoms with Crippen molar-refractivity contribution < 1.29 is 14.2 Å². The first-order chi connectivity index (χ1) is 9.94. The molecule has 3 nitrogen and oxygen atoms in total. The molecule has 0 unspecified atom stereocenters. The van der Waals surface area contributed by atoms with Gasteiger partial charge in [-0.05, 0) is 30.9 Å². The summed E-state index contributed by atoms with van der Waals surface area (Å²) in [4.78, 5) is 2.18. The summed E-state index contributed by atoms with van der Waals surface area (Å²) in [6, 6.07) is 4.79. The van der Waals surface area contributed by atoms with E-state index in [-0.39, 0.29) is 11.7 Å². The minimum absolute atomic E-state index is 0.136. The largest absolute Gasteiger partial charge is 0.389 e. The molecule has 0 amide bonds. The van der Waals surface area contributed by atoms with Gasteiger partial charge in [0.05, 0.1) is 5.60 Å². The van der Waals surface area contributed by atoms with Crippen LogP contribution in [0, 0.1) is 11.7 Å². The van der Waals surface area contributed by atoms with Crippen molar-refractivity contribution >= 4 is 11.6 Å². The Labute approximate surface area is 130 Å². The Balaban J connectivity index is 1.96. The summed E-state index contributed by atoms with van der Waals surface area (Å²) >= 11 is 5.77. The molecular weight excluding hydrogens is 293 g/mol. The molecule has 118 valence electrons. The molecule has 1 aromatic carbocycles. The van der Waals surface area contributed by atoms with E-state index in [1.54, 1.807) is 19.2 Å². The van der Waals surface area contributed by atoms with Crippen LogP contribution in [0.5, 0.6) is 0 Å². The number of ether oxygens (including phenoxy) is 1. The van der Waals surface area contributed by atoms with Crippen LogP contribution in [0.15, 0.2) is 18.2 Å². The first-order valence-electron chi connectivity index (χ1n) is 7.32. The van der Waals surface area contributed by atoms with Gasteiger partial charge in [0, 0.05) is 43.9 Å². The maximum absolute atomic E-state index is 13.8. The maximum Gasteiger partial charge on any atom is 0.129 e. The predicted molar refractivity (Wildman–Crippen MR) is 81.9 cm³/mol. The molecule has 0 saturated carbocycles. The van der Waals surface area contributed by atoms with Gasteiger partial charge in [-0.2, -0.15) is 0 Å². The Kier molecular flexibility index (Phi) is 5.60. The fraction of sp³-hybridized carbons (Fsp3) is 0.625. The van der Waals surface area contributed by atoms with Crippen molar-refractivity contribution in [1.82, 2.24) is 4.90 Å². The quantitative estimate of drug-likeness (QED) is 0.906. The molecule has 1 saturated heterocycles. The van der Waals surface area contributed by atoms with E-state index in [2.05, 4.69) is 4.90 Å². The second-order valence-electron chi connectivity index (χ2n) is 5.97. The highest BCUT2D eigenvalue weighted by molar-refractivity contribution is 6.30. The van der Waals surface area contributed by atoms with Gasteiger partial charge < -0.3 is 9.84 Å². The number of likely N-dealkylation sites (tertiary alicyclic amines) is 1. The van der Waals surface area contributed by atoms with Crippen LogP contribution < -0.4 is 0 Å². The zero-order valence-corrected chi connectivity index (χ0v) is 13.4. The van der Waals surface area contributed by atoms with Gasteiger partial charge in [0.2, 0.25) is 0 Å². The number of hydrogen-bond donors (Lipinski definition) is 1. The Morgan fingerprint density at radius 1 is 1.52 bits per heavy atom. The van der Waals surface area contributed by atoms with Crippen LogP contribution in [0.3, 0.4) is 0 Å². The fourth-order valence-corrected chi connectivity index (χ4v) is 3.09. The van der Waals surface area contributed by atoms with E-state index >= 15 is 0 Å². The number of methoxy groups -OCH3 is 1. The van der Waals surface area contributed by atoms with Crippen LogP contribution in [0.2, 0.25) is 5.02 Å². The number of rotatable bonds is 5. The summed E-state index contributed by atoms with van der Waals surface area (Å²) in [5.41, 5.74) is -0.0284. The molecular formula is C16H23ClFNO2. The topological polar surface area (TPSA) is 32.7 Å². The van der Waals surface area contributed by atoms with Crippen LogP contribution >= 0.6 is 11.6 Å². The number of piperidine rings is 1. The third-order valence-corrected chi connectivity index (χ3v) is 4.69. The molecule has 1 N–H and O–H groups in total. The van der Waals surface area contributed by atoms with E-state index < -0.39 is 5.60 Å². The first-order valence-corrected chi connectivity index (χ1v) is 7.70. The Bertz CT molecular complexity index is 485. The van der Waals surface area contributed by atoms with Crippen molar-refractivity contribution in [3.8, 4) is 0 Å². The monoisotopic (exact) mass is 315 g/mol. The van der Waals surface area contributed by atoms with Crippen molar-refractivity contribution in [3.63, 3.8) is 0 Å².